The number of rotatable bonds is 7. The van der Waals surface area contributed by atoms with E-state index in [-0.39, 0.29) is 17.4 Å². The normalized spacial score (nSPS) is 17.6. The first-order chi connectivity index (χ1) is 14.4. The fraction of sp³-hybridized carbons (Fsp3) is 0.500. The number of aromatic nitrogens is 1. The highest BCUT2D eigenvalue weighted by Gasteiger charge is 2.39. The third-order valence-electron chi connectivity index (χ3n) is 5.42. The van der Waals surface area contributed by atoms with E-state index in [2.05, 4.69) is 10.3 Å². The van der Waals surface area contributed by atoms with Gasteiger partial charge >= 0.3 is 6.03 Å². The number of sulfonamides is 1. The predicted molar refractivity (Wildman–Crippen MR) is 111 cm³/mol. The molecule has 1 N–H and O–H groups in total. The number of ether oxygens (including phenoxy) is 1. The third kappa shape index (κ3) is 4.69. The predicted octanol–water partition coefficient (Wildman–Crippen LogP) is 2.36. The average molecular weight is 435 g/mol. The minimum atomic E-state index is -3.29. The first-order valence-electron chi connectivity index (χ1n) is 10.1. The van der Waals surface area contributed by atoms with Crippen molar-refractivity contribution in [3.8, 4) is 5.88 Å². The van der Waals surface area contributed by atoms with Gasteiger partial charge in [0.05, 0.1) is 29.9 Å². The van der Waals surface area contributed by atoms with Crippen LogP contribution in [0.1, 0.15) is 31.4 Å². The van der Waals surface area contributed by atoms with Gasteiger partial charge in [0.25, 0.3) is 0 Å². The van der Waals surface area contributed by atoms with E-state index in [1.165, 1.54) is 10.5 Å². The summed E-state index contributed by atoms with van der Waals surface area (Å²) in [4.78, 5) is 18.3. The van der Waals surface area contributed by atoms with Crippen LogP contribution in [0.5, 0.6) is 5.88 Å². The van der Waals surface area contributed by atoms with Crippen molar-refractivity contribution in [1.82, 2.24) is 15.2 Å². The third-order valence-corrected chi connectivity index (χ3v) is 7.71. The van der Waals surface area contributed by atoms with E-state index in [0.29, 0.717) is 49.8 Å². The number of nitrogens with zero attached hydrogens (tertiary/aromatic N) is 3. The summed E-state index contributed by atoms with van der Waals surface area (Å²) in [6, 6.07) is 6.88. The molecule has 1 saturated carbocycles. The molecule has 9 nitrogen and oxygen atoms in total. The highest BCUT2D eigenvalue weighted by atomic mass is 32.2. The van der Waals surface area contributed by atoms with Crippen molar-refractivity contribution < 1.29 is 22.4 Å². The van der Waals surface area contributed by atoms with Gasteiger partial charge in [0, 0.05) is 39.0 Å². The molecule has 2 aliphatic rings. The van der Waals surface area contributed by atoms with Crippen LogP contribution in [0.25, 0.3) is 0 Å². The van der Waals surface area contributed by atoms with E-state index < -0.39 is 10.0 Å². The zero-order chi connectivity index (χ0) is 21.1. The Kier molecular flexibility index (Phi) is 5.85. The number of pyridine rings is 1. The van der Waals surface area contributed by atoms with Gasteiger partial charge in [0.1, 0.15) is 11.9 Å². The molecule has 3 heterocycles. The lowest BCUT2D eigenvalue weighted by Gasteiger charge is -2.31. The highest BCUT2D eigenvalue weighted by molar-refractivity contribution is 7.93. The van der Waals surface area contributed by atoms with E-state index in [9.17, 15) is 13.2 Å². The molecule has 2 fully saturated rings. The summed E-state index contributed by atoms with van der Waals surface area (Å²) in [6.45, 7) is 1.55. The smallest absolute Gasteiger partial charge is 0.317 e. The lowest BCUT2D eigenvalue weighted by molar-refractivity contribution is 0.107. The maximum Gasteiger partial charge on any atom is 0.317 e. The first-order valence-corrected chi connectivity index (χ1v) is 11.6. The molecule has 1 aliphatic heterocycles. The molecule has 1 saturated heterocycles. The molecule has 0 atom stereocenters. The molecule has 0 spiro atoms. The Balaban J connectivity index is 1.24. The van der Waals surface area contributed by atoms with E-state index in [0.717, 1.165) is 12.8 Å². The topological polar surface area (TPSA) is 105 Å². The largest absolute Gasteiger partial charge is 0.474 e. The Hall–Kier alpha value is -2.75. The molecular weight excluding hydrogens is 408 g/mol. The van der Waals surface area contributed by atoms with E-state index in [1.54, 1.807) is 36.4 Å². The molecule has 30 heavy (non-hydrogen) atoms. The molecule has 10 heteroatoms. The standard InChI is InChI=1S/C20H26N4O5S/c1-23(30(26,27)18-5-6-18)15-4-7-19(21-13-15)29-16-8-10-24(11-9-16)20(25)22-14-17-3-2-12-28-17/h2-4,7,12-13,16,18H,5-6,8-11,14H2,1H3,(H,22,25). The number of piperidine rings is 1. The van der Waals surface area contributed by atoms with Crippen LogP contribution in [0.15, 0.2) is 41.1 Å². The molecular formula is C20H26N4O5S. The second-order valence-electron chi connectivity index (χ2n) is 7.61. The van der Waals surface area contributed by atoms with Crippen LogP contribution >= 0.6 is 0 Å². The summed E-state index contributed by atoms with van der Waals surface area (Å²) in [7, 11) is -1.74. The van der Waals surface area contributed by atoms with Gasteiger partial charge in [-0.1, -0.05) is 0 Å². The number of likely N-dealkylation sites (tertiary alicyclic amines) is 1. The first kappa shape index (κ1) is 20.5. The number of nitrogens with one attached hydrogen (secondary N) is 1. The van der Waals surface area contributed by atoms with Gasteiger partial charge in [-0.25, -0.2) is 18.2 Å². The van der Waals surface area contributed by atoms with Gasteiger partial charge in [0.15, 0.2) is 0 Å². The van der Waals surface area contributed by atoms with Crippen molar-refractivity contribution in [2.24, 2.45) is 0 Å². The Bertz CT molecular complexity index is 950. The summed E-state index contributed by atoms with van der Waals surface area (Å²) < 4.78 is 37.1. The Labute approximate surface area is 176 Å². The van der Waals surface area contributed by atoms with Crippen molar-refractivity contribution in [1.29, 1.82) is 0 Å². The summed E-state index contributed by atoms with van der Waals surface area (Å²) in [5.41, 5.74) is 0.525. The molecule has 2 aromatic rings. The molecule has 0 bridgehead atoms. The number of hydrogen-bond acceptors (Lipinski definition) is 6. The monoisotopic (exact) mass is 434 g/mol. The lowest BCUT2D eigenvalue weighted by atomic mass is 10.1. The number of amides is 2. The number of carbonyl (C=O) groups is 1. The molecule has 1 aliphatic carbocycles. The Morgan fingerprint density at radius 2 is 2.03 bits per heavy atom. The maximum atomic E-state index is 12.3. The van der Waals surface area contributed by atoms with Gasteiger partial charge in [0.2, 0.25) is 15.9 Å². The lowest BCUT2D eigenvalue weighted by Crippen LogP contribution is -2.46. The van der Waals surface area contributed by atoms with Crippen molar-refractivity contribution in [2.45, 2.75) is 43.6 Å². The maximum absolute atomic E-state index is 12.3. The molecule has 162 valence electrons. The van der Waals surface area contributed by atoms with Crippen molar-refractivity contribution in [3.63, 3.8) is 0 Å². The minimum absolute atomic E-state index is 0.0367. The molecule has 0 aromatic carbocycles. The summed E-state index contributed by atoms with van der Waals surface area (Å²) >= 11 is 0. The van der Waals surface area contributed by atoms with Crippen molar-refractivity contribution in [3.05, 3.63) is 42.5 Å². The zero-order valence-corrected chi connectivity index (χ0v) is 17.7. The molecule has 0 unspecified atom stereocenters. The molecule has 0 radical (unpaired) electrons. The van der Waals surface area contributed by atoms with Crippen LogP contribution in [0.4, 0.5) is 10.5 Å². The second kappa shape index (κ2) is 8.55. The van der Waals surface area contributed by atoms with Gasteiger partial charge in [-0.2, -0.15) is 0 Å². The van der Waals surface area contributed by atoms with Crippen LogP contribution in [-0.2, 0) is 16.6 Å². The number of urea groups is 1. The number of carbonyl (C=O) groups excluding carboxylic acids is 1. The summed E-state index contributed by atoms with van der Waals surface area (Å²) in [6.07, 6.45) is 5.91. The number of furan rings is 1. The summed E-state index contributed by atoms with van der Waals surface area (Å²) in [5.74, 6) is 1.17. The van der Waals surface area contributed by atoms with Crippen molar-refractivity contribution >= 4 is 21.7 Å². The number of hydrogen-bond donors (Lipinski definition) is 1. The second-order valence-corrected chi connectivity index (χ2v) is 9.85. The van der Waals surface area contributed by atoms with Crippen LogP contribution in [0.2, 0.25) is 0 Å². The quantitative estimate of drug-likeness (QED) is 0.717. The highest BCUT2D eigenvalue weighted by Crippen LogP contribution is 2.32. The number of anilines is 1. The van der Waals surface area contributed by atoms with Crippen LogP contribution in [-0.4, -0.2) is 55.8 Å². The molecule has 2 amide bonds. The van der Waals surface area contributed by atoms with E-state index in [4.69, 9.17) is 9.15 Å². The Morgan fingerprint density at radius 1 is 1.27 bits per heavy atom. The molecule has 4 rings (SSSR count). The SMILES string of the molecule is CN(c1ccc(OC2CCN(C(=O)NCc3ccco3)CC2)nc1)S(=O)(=O)C1CC1. The van der Waals surface area contributed by atoms with Gasteiger partial charge in [-0.15, -0.1) is 0 Å². The van der Waals surface area contributed by atoms with Gasteiger partial charge in [-0.3, -0.25) is 4.31 Å². The van der Waals surface area contributed by atoms with Gasteiger partial charge < -0.3 is 19.4 Å². The summed E-state index contributed by atoms with van der Waals surface area (Å²) in [5, 5.41) is 2.58. The van der Waals surface area contributed by atoms with E-state index in [1.807, 2.05) is 6.07 Å². The fourth-order valence-corrected chi connectivity index (χ4v) is 4.98. The average Bonchev–Trinajstić information content (AvgIpc) is 3.50. The van der Waals surface area contributed by atoms with E-state index >= 15 is 0 Å². The zero-order valence-electron chi connectivity index (χ0n) is 16.9. The molecule has 2 aromatic heterocycles. The minimum Gasteiger partial charge on any atom is -0.474 e. The fourth-order valence-electron chi connectivity index (χ4n) is 3.40. The van der Waals surface area contributed by atoms with Crippen LogP contribution in [0, 0.1) is 0 Å². The van der Waals surface area contributed by atoms with Crippen LogP contribution in [0.3, 0.4) is 0 Å². The Morgan fingerprint density at radius 3 is 2.63 bits per heavy atom. The van der Waals surface area contributed by atoms with Crippen LogP contribution < -0.4 is 14.4 Å². The van der Waals surface area contributed by atoms with Crippen molar-refractivity contribution in [2.75, 3.05) is 24.4 Å². The van der Waals surface area contributed by atoms with Gasteiger partial charge in [-0.05, 0) is 31.0 Å².